The van der Waals surface area contributed by atoms with Gasteiger partial charge in [0.15, 0.2) is 0 Å². The molecule has 0 radical (unpaired) electrons. The zero-order valence-electron chi connectivity index (χ0n) is 10.0. The first-order valence-corrected chi connectivity index (χ1v) is 6.67. The minimum atomic E-state index is -3.69. The first-order chi connectivity index (χ1) is 8.45. The summed E-state index contributed by atoms with van der Waals surface area (Å²) < 4.78 is 28.2. The normalized spacial score (nSPS) is 11.7. The highest BCUT2D eigenvalue weighted by Gasteiger charge is 2.21. The third kappa shape index (κ3) is 2.09. The molecular formula is C9H14N6O2S. The molecular weight excluding hydrogens is 256 g/mol. The molecule has 0 aliphatic heterocycles. The molecule has 0 aliphatic carbocycles. The monoisotopic (exact) mass is 270 g/mol. The van der Waals surface area contributed by atoms with Crippen LogP contribution in [0.2, 0.25) is 0 Å². The highest BCUT2D eigenvalue weighted by molar-refractivity contribution is 7.92. The van der Waals surface area contributed by atoms with Crippen LogP contribution in [-0.2, 0) is 23.6 Å². The molecule has 0 saturated heterocycles. The van der Waals surface area contributed by atoms with Crippen LogP contribution >= 0.6 is 0 Å². The molecule has 0 amide bonds. The number of sulfonamides is 1. The summed E-state index contributed by atoms with van der Waals surface area (Å²) in [6.45, 7) is 1.84. The molecule has 0 unspecified atom stereocenters. The molecule has 0 aromatic carbocycles. The van der Waals surface area contributed by atoms with Gasteiger partial charge in [-0.3, -0.25) is 14.5 Å². The average molecular weight is 270 g/mol. The van der Waals surface area contributed by atoms with Crippen molar-refractivity contribution in [1.82, 2.24) is 20.0 Å². The van der Waals surface area contributed by atoms with Gasteiger partial charge in [0.25, 0.3) is 10.0 Å². The maximum Gasteiger partial charge on any atom is 0.266 e. The minimum absolute atomic E-state index is 0.103. The quantitative estimate of drug-likeness (QED) is 0.705. The second-order valence-corrected chi connectivity index (χ2v) is 5.46. The van der Waals surface area contributed by atoms with Crippen LogP contribution in [0.3, 0.4) is 0 Å². The zero-order chi connectivity index (χ0) is 13.3. The van der Waals surface area contributed by atoms with Crippen LogP contribution in [-0.4, -0.2) is 28.4 Å². The molecule has 4 N–H and O–H groups in total. The lowest BCUT2D eigenvalue weighted by Gasteiger charge is -2.09. The summed E-state index contributed by atoms with van der Waals surface area (Å²) in [7, 11) is -2.05. The van der Waals surface area contributed by atoms with Gasteiger partial charge >= 0.3 is 0 Å². The Labute approximate surface area is 104 Å². The molecule has 2 aromatic heterocycles. The average Bonchev–Trinajstić information content (AvgIpc) is 2.87. The third-order valence-corrected chi connectivity index (χ3v) is 3.99. The van der Waals surface area contributed by atoms with Crippen molar-refractivity contribution in [3.8, 4) is 0 Å². The number of aryl methyl sites for hydroxylation is 2. The van der Waals surface area contributed by atoms with Gasteiger partial charge in [-0.25, -0.2) is 8.42 Å². The summed E-state index contributed by atoms with van der Waals surface area (Å²) in [6, 6.07) is 0. The predicted molar refractivity (Wildman–Crippen MR) is 65.2 cm³/mol. The van der Waals surface area contributed by atoms with Crippen molar-refractivity contribution < 1.29 is 8.42 Å². The van der Waals surface area contributed by atoms with E-state index >= 15 is 0 Å². The second kappa shape index (κ2) is 4.42. The number of aromatic nitrogens is 4. The van der Waals surface area contributed by atoms with E-state index in [1.54, 1.807) is 14.0 Å². The van der Waals surface area contributed by atoms with E-state index in [4.69, 9.17) is 5.73 Å². The second-order valence-electron chi connectivity index (χ2n) is 3.81. The number of nitrogens with one attached hydrogen (secondary N) is 2. The number of rotatable bonds is 4. The van der Waals surface area contributed by atoms with Crippen molar-refractivity contribution >= 4 is 15.8 Å². The molecule has 0 spiro atoms. The van der Waals surface area contributed by atoms with E-state index in [1.165, 1.54) is 17.1 Å². The Morgan fingerprint density at radius 3 is 2.78 bits per heavy atom. The van der Waals surface area contributed by atoms with Gasteiger partial charge in [-0.05, 0) is 6.92 Å². The molecule has 0 atom stereocenters. The highest BCUT2D eigenvalue weighted by atomic mass is 32.2. The van der Waals surface area contributed by atoms with Crippen LogP contribution in [0.4, 0.5) is 5.82 Å². The van der Waals surface area contributed by atoms with Crippen LogP contribution in [0, 0.1) is 6.92 Å². The van der Waals surface area contributed by atoms with E-state index in [2.05, 4.69) is 20.0 Å². The molecule has 9 heteroatoms. The van der Waals surface area contributed by atoms with E-state index in [-0.39, 0.29) is 11.4 Å². The van der Waals surface area contributed by atoms with Crippen LogP contribution in [0.1, 0.15) is 11.3 Å². The Morgan fingerprint density at radius 2 is 2.22 bits per heavy atom. The van der Waals surface area contributed by atoms with Crippen molar-refractivity contribution in [2.45, 2.75) is 18.4 Å². The molecule has 0 saturated carbocycles. The standard InChI is InChI=1S/C9H14N6O2S/c1-6-8(5-11-13-6)18(16,17)14-9-7(3-10)4-12-15(9)2/h4-5,14H,3,10H2,1-2H3,(H,11,13). The predicted octanol–water partition coefficient (Wildman–Crippen LogP) is -0.289. The Hall–Kier alpha value is -1.87. The van der Waals surface area contributed by atoms with Crippen molar-refractivity contribution in [1.29, 1.82) is 0 Å². The summed E-state index contributed by atoms with van der Waals surface area (Å²) in [6.07, 6.45) is 2.79. The Bertz CT molecular complexity index is 656. The lowest BCUT2D eigenvalue weighted by Crippen LogP contribution is -2.17. The third-order valence-electron chi connectivity index (χ3n) is 2.54. The van der Waals surface area contributed by atoms with Crippen LogP contribution in [0.15, 0.2) is 17.3 Å². The summed E-state index contributed by atoms with van der Waals surface area (Å²) >= 11 is 0. The van der Waals surface area contributed by atoms with Gasteiger partial charge < -0.3 is 5.73 Å². The summed E-state index contributed by atoms with van der Waals surface area (Å²) in [4.78, 5) is 0.103. The summed E-state index contributed by atoms with van der Waals surface area (Å²) in [5, 5.41) is 10.2. The number of hydrogen-bond acceptors (Lipinski definition) is 5. The molecule has 2 heterocycles. The highest BCUT2D eigenvalue weighted by Crippen LogP contribution is 2.19. The summed E-state index contributed by atoms with van der Waals surface area (Å²) in [5.74, 6) is 0.359. The number of H-pyrrole nitrogens is 1. The van der Waals surface area contributed by atoms with Crippen LogP contribution < -0.4 is 10.5 Å². The van der Waals surface area contributed by atoms with Gasteiger partial charge in [-0.1, -0.05) is 0 Å². The molecule has 98 valence electrons. The molecule has 8 nitrogen and oxygen atoms in total. The molecule has 2 rings (SSSR count). The number of nitrogens with zero attached hydrogens (tertiary/aromatic N) is 3. The Balaban J connectivity index is 2.40. The van der Waals surface area contributed by atoms with Crippen LogP contribution in [0.25, 0.3) is 0 Å². The van der Waals surface area contributed by atoms with E-state index in [0.29, 0.717) is 17.1 Å². The minimum Gasteiger partial charge on any atom is -0.326 e. The fourth-order valence-corrected chi connectivity index (χ4v) is 2.82. The molecule has 0 bridgehead atoms. The lowest BCUT2D eigenvalue weighted by molar-refractivity contribution is 0.599. The number of anilines is 1. The fourth-order valence-electron chi connectivity index (χ4n) is 1.56. The van der Waals surface area contributed by atoms with Gasteiger partial charge in [0.1, 0.15) is 10.7 Å². The van der Waals surface area contributed by atoms with Crippen molar-refractivity contribution in [3.63, 3.8) is 0 Å². The molecule has 18 heavy (non-hydrogen) atoms. The van der Waals surface area contributed by atoms with Gasteiger partial charge in [0.05, 0.1) is 18.1 Å². The maximum absolute atomic E-state index is 12.1. The van der Waals surface area contributed by atoms with E-state index in [1.807, 2.05) is 0 Å². The van der Waals surface area contributed by atoms with E-state index in [9.17, 15) is 8.42 Å². The lowest BCUT2D eigenvalue weighted by atomic mass is 10.3. The first kappa shape index (κ1) is 12.6. The number of hydrogen-bond donors (Lipinski definition) is 3. The summed E-state index contributed by atoms with van der Waals surface area (Å²) in [5.41, 5.74) is 6.62. The largest absolute Gasteiger partial charge is 0.326 e. The first-order valence-electron chi connectivity index (χ1n) is 5.19. The zero-order valence-corrected chi connectivity index (χ0v) is 10.8. The van der Waals surface area contributed by atoms with Gasteiger partial charge in [0.2, 0.25) is 0 Å². The molecule has 2 aromatic rings. The van der Waals surface area contributed by atoms with Crippen molar-refractivity contribution in [2.75, 3.05) is 4.72 Å². The topological polar surface area (TPSA) is 119 Å². The SMILES string of the molecule is Cc1[nH]ncc1S(=O)(=O)Nc1c(CN)cnn1C. The molecule has 0 fully saturated rings. The Morgan fingerprint density at radius 1 is 1.50 bits per heavy atom. The number of nitrogens with two attached hydrogens (primary N) is 1. The maximum atomic E-state index is 12.1. The van der Waals surface area contributed by atoms with Gasteiger partial charge in [-0.15, -0.1) is 0 Å². The van der Waals surface area contributed by atoms with Gasteiger partial charge in [0, 0.05) is 19.2 Å². The molecule has 0 aliphatic rings. The number of aromatic amines is 1. The van der Waals surface area contributed by atoms with Crippen LogP contribution in [0.5, 0.6) is 0 Å². The van der Waals surface area contributed by atoms with E-state index in [0.717, 1.165) is 0 Å². The van der Waals surface area contributed by atoms with Crippen molar-refractivity contribution in [3.05, 3.63) is 23.7 Å². The van der Waals surface area contributed by atoms with Gasteiger partial charge in [-0.2, -0.15) is 10.2 Å². The fraction of sp³-hybridized carbons (Fsp3) is 0.333. The Kier molecular flexibility index (Phi) is 3.09. The smallest absolute Gasteiger partial charge is 0.266 e. The van der Waals surface area contributed by atoms with Crippen molar-refractivity contribution in [2.24, 2.45) is 12.8 Å². The van der Waals surface area contributed by atoms with E-state index < -0.39 is 10.0 Å².